The molecule has 0 atom stereocenters. The first-order valence-corrected chi connectivity index (χ1v) is 4.04. The number of aryl methyl sites for hydroxylation is 1. The van der Waals surface area contributed by atoms with Crippen molar-refractivity contribution in [2.75, 3.05) is 0 Å². The fraction of sp³-hybridized carbons (Fsp3) is 0.111. The molecule has 1 aromatic carbocycles. The summed E-state index contributed by atoms with van der Waals surface area (Å²) in [5.41, 5.74) is 0.0171. The molecule has 0 unspecified atom stereocenters. The molecule has 0 saturated heterocycles. The molecule has 0 aliphatic rings. The first-order valence-electron chi connectivity index (χ1n) is 3.66. The molecule has 74 valence electrons. The van der Waals surface area contributed by atoms with Crippen LogP contribution in [0, 0.1) is 12.7 Å². The zero-order valence-corrected chi connectivity index (χ0v) is 7.93. The Kier molecular flexibility index (Phi) is 2.86. The van der Waals surface area contributed by atoms with Gasteiger partial charge in [0, 0.05) is 5.56 Å². The van der Waals surface area contributed by atoms with Gasteiger partial charge in [0.15, 0.2) is 0 Å². The zero-order chi connectivity index (χ0) is 10.9. The molecule has 14 heavy (non-hydrogen) atoms. The zero-order valence-electron chi connectivity index (χ0n) is 7.17. The Bertz CT molecular complexity index is 392. The maximum Gasteiger partial charge on any atom is 0.377 e. The van der Waals surface area contributed by atoms with E-state index in [0.717, 1.165) is 12.1 Å². The predicted octanol–water partition coefficient (Wildman–Crippen LogP) is 2.05. The molecule has 0 amide bonds. The quantitative estimate of drug-likeness (QED) is 0.608. The van der Waals surface area contributed by atoms with Gasteiger partial charge in [-0.25, -0.2) is 9.18 Å². The van der Waals surface area contributed by atoms with Crippen molar-refractivity contribution >= 4 is 23.4 Å². The molecule has 0 aliphatic carbocycles. The second kappa shape index (κ2) is 3.75. The smallest absolute Gasteiger partial charge is 0.377 e. The van der Waals surface area contributed by atoms with Gasteiger partial charge in [0.1, 0.15) is 5.82 Å². The number of carboxylic acid groups (broad SMARTS) is 1. The van der Waals surface area contributed by atoms with E-state index in [4.69, 9.17) is 16.7 Å². The Hall–Kier alpha value is -1.42. The van der Waals surface area contributed by atoms with Crippen molar-refractivity contribution in [3.8, 4) is 0 Å². The maximum atomic E-state index is 13.0. The molecule has 1 N–H and O–H groups in total. The van der Waals surface area contributed by atoms with E-state index in [0.29, 0.717) is 0 Å². The maximum absolute atomic E-state index is 13.0. The minimum atomic E-state index is -1.59. The largest absolute Gasteiger partial charge is 0.475 e. The third-order valence-electron chi connectivity index (χ3n) is 1.67. The number of carbonyl (C=O) groups is 2. The lowest BCUT2D eigenvalue weighted by atomic mass is 10.1. The van der Waals surface area contributed by atoms with Gasteiger partial charge in [-0.3, -0.25) is 4.79 Å². The number of hydrogen-bond acceptors (Lipinski definition) is 2. The number of aliphatic carboxylic acids is 1. The van der Waals surface area contributed by atoms with E-state index in [1.54, 1.807) is 0 Å². The SMILES string of the molecule is Cc1cc(C(=O)C(=O)O)cc(Cl)c1F. The summed E-state index contributed by atoms with van der Waals surface area (Å²) in [7, 11) is 0. The van der Waals surface area contributed by atoms with Gasteiger partial charge in [0.05, 0.1) is 5.02 Å². The van der Waals surface area contributed by atoms with Crippen LogP contribution in [0.3, 0.4) is 0 Å². The fourth-order valence-electron chi connectivity index (χ4n) is 0.981. The number of carboxylic acids is 1. The minimum absolute atomic E-state index is 0.124. The highest BCUT2D eigenvalue weighted by molar-refractivity contribution is 6.40. The molecular weight excluding hydrogens is 211 g/mol. The number of benzene rings is 1. The van der Waals surface area contributed by atoms with Crippen molar-refractivity contribution in [2.45, 2.75) is 6.92 Å². The predicted molar refractivity (Wildman–Crippen MR) is 48.1 cm³/mol. The van der Waals surface area contributed by atoms with Crippen LogP contribution in [0.5, 0.6) is 0 Å². The Morgan fingerprint density at radius 3 is 2.43 bits per heavy atom. The number of rotatable bonds is 2. The Morgan fingerprint density at radius 1 is 1.43 bits per heavy atom. The molecule has 0 fully saturated rings. The number of carbonyl (C=O) groups excluding carboxylic acids is 1. The molecule has 0 radical (unpaired) electrons. The van der Waals surface area contributed by atoms with E-state index in [2.05, 4.69) is 0 Å². The third-order valence-corrected chi connectivity index (χ3v) is 1.94. The summed E-state index contributed by atoms with van der Waals surface area (Å²) in [6, 6.07) is 2.15. The monoisotopic (exact) mass is 216 g/mol. The highest BCUT2D eigenvalue weighted by Gasteiger charge is 2.17. The number of Topliss-reactive ketones (excluding diaryl/α,β-unsaturated/α-hetero) is 1. The topological polar surface area (TPSA) is 54.4 Å². The highest BCUT2D eigenvalue weighted by Crippen LogP contribution is 2.20. The summed E-state index contributed by atoms with van der Waals surface area (Å²) in [5.74, 6) is -3.34. The average Bonchev–Trinajstić information content (AvgIpc) is 2.12. The van der Waals surface area contributed by atoms with Crippen LogP contribution in [-0.4, -0.2) is 16.9 Å². The Balaban J connectivity index is 3.26. The Morgan fingerprint density at radius 2 is 2.00 bits per heavy atom. The van der Waals surface area contributed by atoms with Gasteiger partial charge in [-0.05, 0) is 24.6 Å². The third kappa shape index (κ3) is 1.90. The van der Waals surface area contributed by atoms with Crippen molar-refractivity contribution in [3.05, 3.63) is 34.1 Å². The van der Waals surface area contributed by atoms with Crippen LogP contribution in [0.2, 0.25) is 5.02 Å². The van der Waals surface area contributed by atoms with Crippen LogP contribution in [0.15, 0.2) is 12.1 Å². The van der Waals surface area contributed by atoms with Crippen molar-refractivity contribution in [1.29, 1.82) is 0 Å². The lowest BCUT2D eigenvalue weighted by molar-refractivity contribution is -0.131. The van der Waals surface area contributed by atoms with Crippen LogP contribution in [0.4, 0.5) is 4.39 Å². The fourth-order valence-corrected chi connectivity index (χ4v) is 1.25. The summed E-state index contributed by atoms with van der Waals surface area (Å²) in [6.07, 6.45) is 0. The normalized spacial score (nSPS) is 9.93. The van der Waals surface area contributed by atoms with Crippen molar-refractivity contribution in [2.24, 2.45) is 0 Å². The second-order valence-corrected chi connectivity index (χ2v) is 3.13. The van der Waals surface area contributed by atoms with Gasteiger partial charge in [-0.15, -0.1) is 0 Å². The summed E-state index contributed by atoms with van der Waals surface area (Å²) in [5, 5.41) is 8.15. The standard InChI is InChI=1S/C9H6ClFO3/c1-4-2-5(8(12)9(13)14)3-6(10)7(4)11/h2-3H,1H3,(H,13,14). The molecule has 0 aromatic heterocycles. The van der Waals surface area contributed by atoms with E-state index < -0.39 is 17.6 Å². The van der Waals surface area contributed by atoms with Gasteiger partial charge >= 0.3 is 5.97 Å². The van der Waals surface area contributed by atoms with Crippen molar-refractivity contribution < 1.29 is 19.1 Å². The average molecular weight is 217 g/mol. The van der Waals surface area contributed by atoms with Crippen LogP contribution < -0.4 is 0 Å². The van der Waals surface area contributed by atoms with Gasteiger partial charge in [-0.2, -0.15) is 0 Å². The van der Waals surface area contributed by atoms with Crippen molar-refractivity contribution in [3.63, 3.8) is 0 Å². The van der Waals surface area contributed by atoms with Gasteiger partial charge < -0.3 is 5.11 Å². The van der Waals surface area contributed by atoms with Crippen LogP contribution in [0.1, 0.15) is 15.9 Å². The van der Waals surface area contributed by atoms with Gasteiger partial charge in [-0.1, -0.05) is 11.6 Å². The molecule has 5 heteroatoms. The molecule has 3 nitrogen and oxygen atoms in total. The lowest BCUT2D eigenvalue weighted by Crippen LogP contribution is -2.13. The number of hydrogen-bond donors (Lipinski definition) is 1. The molecule has 1 aromatic rings. The molecule has 0 aliphatic heterocycles. The van der Waals surface area contributed by atoms with E-state index in [-0.39, 0.29) is 16.1 Å². The van der Waals surface area contributed by atoms with E-state index >= 15 is 0 Å². The molecule has 1 rings (SSSR count). The van der Waals surface area contributed by atoms with Crippen LogP contribution in [0.25, 0.3) is 0 Å². The summed E-state index contributed by atoms with van der Waals surface area (Å²) >= 11 is 5.45. The van der Waals surface area contributed by atoms with E-state index in [9.17, 15) is 14.0 Å². The highest BCUT2D eigenvalue weighted by atomic mass is 35.5. The molecule has 0 spiro atoms. The number of halogens is 2. The molecular formula is C9H6ClFO3. The minimum Gasteiger partial charge on any atom is -0.475 e. The molecule has 0 saturated carbocycles. The number of ketones is 1. The first-order chi connectivity index (χ1) is 6.43. The summed E-state index contributed by atoms with van der Waals surface area (Å²) < 4.78 is 13.0. The van der Waals surface area contributed by atoms with E-state index in [1.165, 1.54) is 6.92 Å². The summed E-state index contributed by atoms with van der Waals surface area (Å²) in [4.78, 5) is 21.3. The second-order valence-electron chi connectivity index (χ2n) is 2.72. The van der Waals surface area contributed by atoms with Gasteiger partial charge in [0.2, 0.25) is 0 Å². The molecule has 0 bridgehead atoms. The lowest BCUT2D eigenvalue weighted by Gasteiger charge is -2.01. The summed E-state index contributed by atoms with van der Waals surface area (Å²) in [6.45, 7) is 1.40. The molecule has 0 heterocycles. The van der Waals surface area contributed by atoms with Crippen LogP contribution in [-0.2, 0) is 4.79 Å². The van der Waals surface area contributed by atoms with Crippen LogP contribution >= 0.6 is 11.6 Å². The van der Waals surface area contributed by atoms with Gasteiger partial charge in [0.25, 0.3) is 5.78 Å². The Labute approximate surface area is 84.1 Å². The van der Waals surface area contributed by atoms with Crippen molar-refractivity contribution in [1.82, 2.24) is 0 Å². The first kappa shape index (κ1) is 10.7. The van der Waals surface area contributed by atoms with E-state index in [1.807, 2.05) is 0 Å².